The molecule has 200 valence electrons. The number of rotatable bonds is 8. The number of amides is 1. The number of likely N-dealkylation sites (tertiary alicyclic amines) is 1. The zero-order valence-electron chi connectivity index (χ0n) is 21.8. The minimum absolute atomic E-state index is 0.176. The summed E-state index contributed by atoms with van der Waals surface area (Å²) in [6.45, 7) is 4.68. The molecule has 4 N–H and O–H groups in total. The van der Waals surface area contributed by atoms with E-state index in [1.54, 1.807) is 36.4 Å². The lowest BCUT2D eigenvalue weighted by atomic mass is 10.1. The highest BCUT2D eigenvalue weighted by Crippen LogP contribution is 2.25. The third-order valence-corrected chi connectivity index (χ3v) is 6.76. The van der Waals surface area contributed by atoms with Crippen LogP contribution >= 0.6 is 0 Å². The molecule has 0 unspecified atom stereocenters. The number of nitrogens with one attached hydrogen (secondary N) is 1. The van der Waals surface area contributed by atoms with E-state index in [1.165, 1.54) is 12.1 Å². The third-order valence-electron chi connectivity index (χ3n) is 6.76. The number of hydrogen-bond acceptors (Lipinski definition) is 5. The highest BCUT2D eigenvalue weighted by Gasteiger charge is 2.18. The molecule has 2 heterocycles. The van der Waals surface area contributed by atoms with E-state index in [-0.39, 0.29) is 17.5 Å². The van der Waals surface area contributed by atoms with E-state index in [0.717, 1.165) is 49.3 Å². The number of aromatic nitrogens is 1. The minimum atomic E-state index is -1.00. The van der Waals surface area contributed by atoms with Crippen molar-refractivity contribution in [2.24, 2.45) is 5.73 Å². The molecule has 1 fully saturated rings. The first-order valence-corrected chi connectivity index (χ1v) is 13.0. The van der Waals surface area contributed by atoms with Gasteiger partial charge < -0.3 is 25.5 Å². The fourth-order valence-corrected chi connectivity index (χ4v) is 4.85. The van der Waals surface area contributed by atoms with Crippen molar-refractivity contribution in [2.75, 3.05) is 18.4 Å². The van der Waals surface area contributed by atoms with Crippen LogP contribution < -0.4 is 15.8 Å². The van der Waals surface area contributed by atoms with E-state index in [1.807, 2.05) is 25.3 Å². The Labute approximate surface area is 227 Å². The van der Waals surface area contributed by atoms with Gasteiger partial charge in [-0.25, -0.2) is 4.79 Å². The molecule has 1 saturated heterocycles. The van der Waals surface area contributed by atoms with Crippen LogP contribution in [-0.4, -0.2) is 45.6 Å². The summed E-state index contributed by atoms with van der Waals surface area (Å²) < 4.78 is 7.91. The van der Waals surface area contributed by atoms with Crippen molar-refractivity contribution in [2.45, 2.75) is 32.4 Å². The Morgan fingerprint density at radius 1 is 1.03 bits per heavy atom. The summed E-state index contributed by atoms with van der Waals surface area (Å²) in [5.41, 5.74) is 10.8. The molecule has 1 aliphatic rings. The molecule has 0 bridgehead atoms. The number of hydrogen-bond donors (Lipinski definition) is 3. The fourth-order valence-electron chi connectivity index (χ4n) is 4.85. The van der Waals surface area contributed by atoms with E-state index in [9.17, 15) is 9.59 Å². The number of nitrogens with two attached hydrogens (primary N) is 1. The number of carbonyl (C=O) groups is 2. The van der Waals surface area contributed by atoms with Crippen molar-refractivity contribution in [1.82, 2.24) is 9.47 Å². The Hall–Kier alpha value is -4.40. The van der Waals surface area contributed by atoms with Crippen LogP contribution in [0.2, 0.25) is 0 Å². The van der Waals surface area contributed by atoms with Crippen LogP contribution in [0.15, 0.2) is 85.2 Å². The van der Waals surface area contributed by atoms with Gasteiger partial charge in [-0.05, 0) is 104 Å². The quantitative estimate of drug-likeness (QED) is 0.283. The molecule has 1 atom stereocenters. The number of carboxylic acids is 1. The molecule has 0 spiro atoms. The van der Waals surface area contributed by atoms with E-state index >= 15 is 0 Å². The standard InChI is InChI=1S/C31H32N4O4/c1-21-11-13-35(18-21)27-15-22(19-34-12-3-5-25(32)20-34)14-26(17-27)33-30(36)24-4-2-6-29(16-24)39-28-9-7-23(8-10-28)31(37)38/h2,4,6-11,13-18,25H,3,5,12,19-20,32H2,1H3,(H,33,36)(H,37,38)/t25-/m0/s1. The number of aromatic carboxylic acids is 1. The second-order valence-electron chi connectivity index (χ2n) is 10.0. The van der Waals surface area contributed by atoms with Crippen molar-refractivity contribution >= 4 is 17.6 Å². The largest absolute Gasteiger partial charge is 0.478 e. The van der Waals surface area contributed by atoms with Gasteiger partial charge in [0.1, 0.15) is 11.5 Å². The summed E-state index contributed by atoms with van der Waals surface area (Å²) >= 11 is 0. The second kappa shape index (κ2) is 11.6. The van der Waals surface area contributed by atoms with Gasteiger partial charge in [0.05, 0.1) is 5.56 Å². The number of piperidine rings is 1. The number of nitrogens with zero attached hydrogens (tertiary/aromatic N) is 2. The van der Waals surface area contributed by atoms with E-state index < -0.39 is 5.97 Å². The first-order valence-electron chi connectivity index (χ1n) is 13.0. The van der Waals surface area contributed by atoms with Crippen LogP contribution in [0.25, 0.3) is 5.69 Å². The summed E-state index contributed by atoms with van der Waals surface area (Å²) in [5.74, 6) is -0.300. The topological polar surface area (TPSA) is 110 Å². The van der Waals surface area contributed by atoms with Crippen molar-refractivity contribution in [1.29, 1.82) is 0 Å². The van der Waals surface area contributed by atoms with Crippen molar-refractivity contribution in [3.63, 3.8) is 0 Å². The maximum absolute atomic E-state index is 13.3. The number of ether oxygens (including phenoxy) is 1. The number of benzene rings is 3. The maximum Gasteiger partial charge on any atom is 0.335 e. The molecule has 0 radical (unpaired) electrons. The zero-order valence-corrected chi connectivity index (χ0v) is 21.8. The fraction of sp³-hybridized carbons (Fsp3) is 0.226. The van der Waals surface area contributed by atoms with Crippen molar-refractivity contribution in [3.05, 3.63) is 107 Å². The van der Waals surface area contributed by atoms with Gasteiger partial charge in [-0.1, -0.05) is 6.07 Å². The molecule has 0 aliphatic carbocycles. The first kappa shape index (κ1) is 26.2. The maximum atomic E-state index is 13.3. The second-order valence-corrected chi connectivity index (χ2v) is 10.0. The molecule has 39 heavy (non-hydrogen) atoms. The van der Waals surface area contributed by atoms with Crippen LogP contribution in [0.1, 0.15) is 44.7 Å². The van der Waals surface area contributed by atoms with Crippen LogP contribution in [0.5, 0.6) is 11.5 Å². The number of carboxylic acid groups (broad SMARTS) is 1. The molecular weight excluding hydrogens is 492 g/mol. The summed E-state index contributed by atoms with van der Waals surface area (Å²) in [4.78, 5) is 26.7. The smallest absolute Gasteiger partial charge is 0.335 e. The Morgan fingerprint density at radius 3 is 2.56 bits per heavy atom. The lowest BCUT2D eigenvalue weighted by Gasteiger charge is -2.30. The molecule has 4 aromatic rings. The highest BCUT2D eigenvalue weighted by molar-refractivity contribution is 6.04. The Morgan fingerprint density at radius 2 is 1.85 bits per heavy atom. The van der Waals surface area contributed by atoms with Gasteiger partial charge in [-0.15, -0.1) is 0 Å². The Bertz CT molecular complexity index is 1480. The first-order chi connectivity index (χ1) is 18.8. The van der Waals surface area contributed by atoms with E-state index in [4.69, 9.17) is 15.6 Å². The summed E-state index contributed by atoms with van der Waals surface area (Å²) in [6, 6.07) is 21.4. The monoisotopic (exact) mass is 524 g/mol. The van der Waals surface area contributed by atoms with Gasteiger partial charge in [-0.2, -0.15) is 0 Å². The minimum Gasteiger partial charge on any atom is -0.478 e. The zero-order chi connectivity index (χ0) is 27.4. The molecule has 5 rings (SSSR count). The third kappa shape index (κ3) is 6.73. The van der Waals surface area contributed by atoms with Gasteiger partial charge in [0.25, 0.3) is 5.91 Å². The van der Waals surface area contributed by atoms with Gasteiger partial charge in [0.15, 0.2) is 0 Å². The average molecular weight is 525 g/mol. The predicted octanol–water partition coefficient (Wildman–Crippen LogP) is 5.45. The van der Waals surface area contributed by atoms with Gasteiger partial charge in [0, 0.05) is 48.5 Å². The van der Waals surface area contributed by atoms with E-state index in [0.29, 0.717) is 22.7 Å². The van der Waals surface area contributed by atoms with Crippen molar-refractivity contribution < 1.29 is 19.4 Å². The SMILES string of the molecule is Cc1ccn(-c2cc(CN3CCC[C@H](N)C3)cc(NC(=O)c3cccc(Oc4ccc(C(=O)O)cc4)c3)c2)c1. The summed E-state index contributed by atoms with van der Waals surface area (Å²) in [7, 11) is 0. The Kier molecular flexibility index (Phi) is 7.76. The molecule has 8 heteroatoms. The van der Waals surface area contributed by atoms with Crippen LogP contribution in [-0.2, 0) is 6.54 Å². The molecule has 0 saturated carbocycles. The summed E-state index contributed by atoms with van der Waals surface area (Å²) in [6.07, 6.45) is 6.21. The van der Waals surface area contributed by atoms with E-state index in [2.05, 4.69) is 33.1 Å². The lowest BCUT2D eigenvalue weighted by molar-refractivity contribution is 0.0696. The number of aryl methyl sites for hydroxylation is 1. The molecule has 1 aromatic heterocycles. The van der Waals surface area contributed by atoms with Gasteiger partial charge in [0.2, 0.25) is 0 Å². The van der Waals surface area contributed by atoms with Gasteiger partial charge in [-0.3, -0.25) is 9.69 Å². The molecule has 8 nitrogen and oxygen atoms in total. The molecule has 1 aliphatic heterocycles. The summed E-state index contributed by atoms with van der Waals surface area (Å²) in [5, 5.41) is 12.1. The van der Waals surface area contributed by atoms with Crippen molar-refractivity contribution in [3.8, 4) is 17.2 Å². The van der Waals surface area contributed by atoms with Gasteiger partial charge >= 0.3 is 5.97 Å². The number of anilines is 1. The molecular formula is C31H32N4O4. The van der Waals surface area contributed by atoms with Crippen LogP contribution in [0.3, 0.4) is 0 Å². The Balaban J connectivity index is 1.35. The van der Waals surface area contributed by atoms with Crippen LogP contribution in [0, 0.1) is 6.92 Å². The van der Waals surface area contributed by atoms with Crippen LogP contribution in [0.4, 0.5) is 5.69 Å². The molecule has 3 aromatic carbocycles. The average Bonchev–Trinajstić information content (AvgIpc) is 3.35. The number of carbonyl (C=O) groups excluding carboxylic acids is 1. The predicted molar refractivity (Wildman–Crippen MR) is 151 cm³/mol. The molecule has 1 amide bonds. The normalized spacial score (nSPS) is 15.6. The lowest BCUT2D eigenvalue weighted by Crippen LogP contribution is -2.42. The highest BCUT2D eigenvalue weighted by atomic mass is 16.5.